The number of methoxy groups -OCH3 is 1. The van der Waals surface area contributed by atoms with Gasteiger partial charge in [0.05, 0.1) is 25.7 Å². The molecule has 3 rings (SSSR count). The molecule has 0 bridgehead atoms. The molecule has 0 aromatic carbocycles. The summed E-state index contributed by atoms with van der Waals surface area (Å²) >= 11 is 0. The number of nitrogens with zero attached hydrogens (tertiary/aromatic N) is 2. The van der Waals surface area contributed by atoms with Crippen LogP contribution >= 0.6 is 0 Å². The number of nitrogens with one attached hydrogen (secondary N) is 2. The van der Waals surface area contributed by atoms with Crippen LogP contribution in [0.1, 0.15) is 86.0 Å². The minimum absolute atomic E-state index is 0.0227. The van der Waals surface area contributed by atoms with E-state index in [1.807, 2.05) is 4.90 Å². The van der Waals surface area contributed by atoms with Crippen LogP contribution in [0.25, 0.3) is 0 Å². The van der Waals surface area contributed by atoms with Crippen LogP contribution in [-0.4, -0.2) is 61.1 Å². The van der Waals surface area contributed by atoms with E-state index in [0.29, 0.717) is 36.1 Å². The monoisotopic (exact) mass is 488 g/mol. The maximum Gasteiger partial charge on any atom is 0.407 e. The van der Waals surface area contributed by atoms with Gasteiger partial charge in [-0.15, -0.1) is 0 Å². The summed E-state index contributed by atoms with van der Waals surface area (Å²) in [6.45, 7) is 12.8. The van der Waals surface area contributed by atoms with Crippen LogP contribution in [-0.2, 0) is 9.53 Å². The highest BCUT2D eigenvalue weighted by molar-refractivity contribution is 5.93. The van der Waals surface area contributed by atoms with Crippen molar-refractivity contribution in [1.29, 1.82) is 0 Å². The zero-order chi connectivity index (χ0) is 25.5. The van der Waals surface area contributed by atoms with Crippen molar-refractivity contribution in [3.8, 4) is 0 Å². The molecular weight excluding hydrogens is 440 g/mol. The Morgan fingerprint density at radius 3 is 2.66 bits per heavy atom. The number of amides is 2. The number of amidine groups is 1. The van der Waals surface area contributed by atoms with Gasteiger partial charge in [0.2, 0.25) is 5.91 Å². The normalized spacial score (nSPS) is 24.8. The molecule has 3 unspecified atom stereocenters. The number of aliphatic imine (C=N–C) groups is 1. The first kappa shape index (κ1) is 27.5. The van der Waals surface area contributed by atoms with Crippen molar-refractivity contribution < 1.29 is 14.3 Å². The predicted octanol–water partition coefficient (Wildman–Crippen LogP) is 4.92. The van der Waals surface area contributed by atoms with Crippen LogP contribution in [0, 0.1) is 23.7 Å². The fourth-order valence-electron chi connectivity index (χ4n) is 5.96. The molecule has 7 nitrogen and oxygen atoms in total. The number of carbonyl (C=O) groups excluding carboxylic acids is 2. The summed E-state index contributed by atoms with van der Waals surface area (Å²) in [5.41, 5.74) is 1.59. The smallest absolute Gasteiger partial charge is 0.407 e. The third kappa shape index (κ3) is 7.71. The SMILES string of the molecule is CCC[C@@H](C)[C@H](C)C(CC1=CC1)C1CN=C(C2CCCN2C(=O)C[C@H](CC(C)C)NC(=O)OC)N1. The van der Waals surface area contributed by atoms with Gasteiger partial charge in [0.25, 0.3) is 0 Å². The maximum absolute atomic E-state index is 13.4. The highest BCUT2D eigenvalue weighted by Crippen LogP contribution is 2.37. The van der Waals surface area contributed by atoms with Gasteiger partial charge in [-0.2, -0.15) is 0 Å². The lowest BCUT2D eigenvalue weighted by molar-refractivity contribution is -0.131. The topological polar surface area (TPSA) is 83.0 Å². The summed E-state index contributed by atoms with van der Waals surface area (Å²) in [5.74, 6) is 3.35. The summed E-state index contributed by atoms with van der Waals surface area (Å²) < 4.78 is 4.78. The number of carbonyl (C=O) groups is 2. The molecule has 7 heteroatoms. The van der Waals surface area contributed by atoms with E-state index in [4.69, 9.17) is 9.73 Å². The predicted molar refractivity (Wildman–Crippen MR) is 141 cm³/mol. The van der Waals surface area contributed by atoms with Crippen LogP contribution < -0.4 is 10.6 Å². The Kier molecular flexibility index (Phi) is 10.0. The zero-order valence-corrected chi connectivity index (χ0v) is 22.8. The molecule has 1 aliphatic carbocycles. The molecule has 1 fully saturated rings. The molecule has 0 saturated carbocycles. The first-order valence-corrected chi connectivity index (χ1v) is 13.9. The summed E-state index contributed by atoms with van der Waals surface area (Å²) in [6, 6.07) is 0.141. The Morgan fingerprint density at radius 2 is 2.03 bits per heavy atom. The average molecular weight is 489 g/mol. The van der Waals surface area contributed by atoms with Crippen LogP contribution in [0.5, 0.6) is 0 Å². The zero-order valence-electron chi connectivity index (χ0n) is 22.8. The van der Waals surface area contributed by atoms with Gasteiger partial charge in [-0.05, 0) is 55.8 Å². The van der Waals surface area contributed by atoms with Gasteiger partial charge in [-0.25, -0.2) is 4.79 Å². The number of allylic oxidation sites excluding steroid dienone is 2. The standard InChI is InChI=1S/C28H48N4O3/c1-7-9-19(4)20(5)23(15-21-11-12-21)24-17-29-27(31-24)25-10-8-13-32(25)26(33)16-22(14-18(2)3)30-28(34)35-6/h11,18-20,22-25H,7-10,12-17H2,1-6H3,(H,29,31)(H,30,34)/t19-,20+,22+,23?,24?,25?/m1/s1. The molecule has 35 heavy (non-hydrogen) atoms. The molecule has 0 aromatic heterocycles. The molecule has 6 atom stereocenters. The minimum atomic E-state index is -0.477. The second kappa shape index (κ2) is 12.8. The van der Waals surface area contributed by atoms with Crippen LogP contribution in [0.2, 0.25) is 0 Å². The first-order chi connectivity index (χ1) is 16.7. The number of hydrogen-bond donors (Lipinski definition) is 2. The number of likely N-dealkylation sites (tertiary alicyclic amines) is 1. The van der Waals surface area contributed by atoms with Gasteiger partial charge in [0.1, 0.15) is 5.84 Å². The molecular formula is C28H48N4O3. The highest BCUT2D eigenvalue weighted by Gasteiger charge is 2.39. The van der Waals surface area contributed by atoms with Crippen molar-refractivity contribution in [2.45, 2.75) is 104 Å². The summed E-state index contributed by atoms with van der Waals surface area (Å²) in [7, 11) is 1.36. The van der Waals surface area contributed by atoms with E-state index in [1.165, 1.54) is 32.8 Å². The van der Waals surface area contributed by atoms with Crippen LogP contribution in [0.4, 0.5) is 4.79 Å². The van der Waals surface area contributed by atoms with Crippen molar-refractivity contribution in [2.24, 2.45) is 28.7 Å². The van der Waals surface area contributed by atoms with Gasteiger partial charge in [0.15, 0.2) is 0 Å². The van der Waals surface area contributed by atoms with Crippen molar-refractivity contribution in [2.75, 3.05) is 20.2 Å². The molecule has 0 radical (unpaired) electrons. The third-order valence-corrected chi connectivity index (χ3v) is 8.19. The van der Waals surface area contributed by atoms with E-state index >= 15 is 0 Å². The van der Waals surface area contributed by atoms with Crippen LogP contribution in [0.3, 0.4) is 0 Å². The number of rotatable bonds is 13. The fourth-order valence-corrected chi connectivity index (χ4v) is 5.96. The Morgan fingerprint density at radius 1 is 1.29 bits per heavy atom. The average Bonchev–Trinajstić information content (AvgIpc) is 3.28. The van der Waals surface area contributed by atoms with Gasteiger partial charge in [-0.1, -0.05) is 59.1 Å². The molecule has 1 saturated heterocycles. The summed E-state index contributed by atoms with van der Waals surface area (Å²) in [5, 5.41) is 6.65. The maximum atomic E-state index is 13.4. The Labute approximate surface area is 212 Å². The second-order valence-corrected chi connectivity index (χ2v) is 11.4. The molecule has 2 heterocycles. The molecule has 0 spiro atoms. The largest absolute Gasteiger partial charge is 0.453 e. The van der Waals surface area contributed by atoms with E-state index in [1.54, 1.807) is 5.57 Å². The van der Waals surface area contributed by atoms with Gasteiger partial charge < -0.3 is 20.3 Å². The van der Waals surface area contributed by atoms with E-state index in [-0.39, 0.29) is 18.0 Å². The Bertz CT molecular complexity index is 793. The van der Waals surface area contributed by atoms with E-state index in [2.05, 4.69) is 51.3 Å². The minimum Gasteiger partial charge on any atom is -0.453 e. The lowest BCUT2D eigenvalue weighted by atomic mass is 9.76. The number of hydrogen-bond acceptors (Lipinski definition) is 5. The lowest BCUT2D eigenvalue weighted by Crippen LogP contribution is -2.50. The highest BCUT2D eigenvalue weighted by atomic mass is 16.5. The summed E-state index contributed by atoms with van der Waals surface area (Å²) in [4.78, 5) is 32.1. The Balaban J connectivity index is 1.63. The lowest BCUT2D eigenvalue weighted by Gasteiger charge is -2.34. The quantitative estimate of drug-likeness (QED) is 0.361. The van der Waals surface area contributed by atoms with E-state index in [0.717, 1.165) is 38.2 Å². The first-order valence-electron chi connectivity index (χ1n) is 13.9. The second-order valence-electron chi connectivity index (χ2n) is 11.4. The van der Waals surface area contributed by atoms with Crippen molar-refractivity contribution >= 4 is 17.8 Å². The molecule has 2 aliphatic heterocycles. The third-order valence-electron chi connectivity index (χ3n) is 8.19. The molecule has 3 aliphatic rings. The number of ether oxygens (including phenoxy) is 1. The van der Waals surface area contributed by atoms with Gasteiger partial charge >= 0.3 is 6.09 Å². The molecule has 198 valence electrons. The molecule has 2 amide bonds. The molecule has 0 aromatic rings. The van der Waals surface area contributed by atoms with Crippen LogP contribution in [0.15, 0.2) is 16.6 Å². The van der Waals surface area contributed by atoms with Crippen molar-refractivity contribution in [3.63, 3.8) is 0 Å². The van der Waals surface area contributed by atoms with E-state index < -0.39 is 6.09 Å². The van der Waals surface area contributed by atoms with Crippen molar-refractivity contribution in [1.82, 2.24) is 15.5 Å². The van der Waals surface area contributed by atoms with Gasteiger partial charge in [0, 0.05) is 19.0 Å². The van der Waals surface area contributed by atoms with E-state index in [9.17, 15) is 9.59 Å². The summed E-state index contributed by atoms with van der Waals surface area (Å²) in [6.07, 6.45) is 9.68. The van der Waals surface area contributed by atoms with Crippen molar-refractivity contribution in [3.05, 3.63) is 11.6 Å². The number of alkyl carbamates (subject to hydrolysis) is 1. The van der Waals surface area contributed by atoms with Gasteiger partial charge in [-0.3, -0.25) is 9.79 Å². The fraction of sp³-hybridized carbons (Fsp3) is 0.821. The Hall–Kier alpha value is -2.05. The molecule has 2 N–H and O–H groups in total.